The quantitative estimate of drug-likeness (QED) is 0.521. The van der Waals surface area contributed by atoms with E-state index < -0.39 is 12.1 Å². The fourth-order valence-electron chi connectivity index (χ4n) is 0.898. The largest absolute Gasteiger partial charge is 0.423 e. The van der Waals surface area contributed by atoms with Crippen LogP contribution in [0.1, 0.15) is 6.92 Å². The predicted octanol–water partition coefficient (Wildman–Crippen LogP) is 2.29. The highest BCUT2D eigenvalue weighted by Gasteiger charge is 2.00. The summed E-state index contributed by atoms with van der Waals surface area (Å²) in [5, 5.41) is 8.91. The molecule has 0 spiro atoms. The average Bonchev–Trinajstić information content (AvgIpc) is 2.15. The SMILES string of the molecule is CC(O)C=CC(=O)Oc1cccc(Br)c1. The summed E-state index contributed by atoms with van der Waals surface area (Å²) >= 11 is 3.26. The van der Waals surface area contributed by atoms with Gasteiger partial charge in [0.1, 0.15) is 5.75 Å². The molecule has 80 valence electrons. The molecule has 0 aliphatic carbocycles. The van der Waals surface area contributed by atoms with Crippen LogP contribution < -0.4 is 4.74 Å². The summed E-state index contributed by atoms with van der Waals surface area (Å²) in [7, 11) is 0. The third-order valence-electron chi connectivity index (χ3n) is 1.53. The number of hydrogen-bond acceptors (Lipinski definition) is 3. The average molecular weight is 271 g/mol. The van der Waals surface area contributed by atoms with Crippen LogP contribution in [-0.2, 0) is 4.79 Å². The van der Waals surface area contributed by atoms with Gasteiger partial charge in [-0.3, -0.25) is 0 Å². The van der Waals surface area contributed by atoms with Crippen molar-refractivity contribution in [3.8, 4) is 5.75 Å². The van der Waals surface area contributed by atoms with Crippen molar-refractivity contribution in [3.63, 3.8) is 0 Å². The summed E-state index contributed by atoms with van der Waals surface area (Å²) in [5.41, 5.74) is 0. The van der Waals surface area contributed by atoms with Gasteiger partial charge >= 0.3 is 5.97 Å². The Bertz CT molecular complexity index is 372. The van der Waals surface area contributed by atoms with Gasteiger partial charge in [-0.2, -0.15) is 0 Å². The zero-order valence-electron chi connectivity index (χ0n) is 8.18. The Morgan fingerprint density at radius 2 is 2.33 bits per heavy atom. The van der Waals surface area contributed by atoms with Crippen molar-refractivity contribution in [2.24, 2.45) is 0 Å². The molecule has 4 heteroatoms. The van der Waals surface area contributed by atoms with Crippen molar-refractivity contribution < 1.29 is 14.6 Å². The van der Waals surface area contributed by atoms with Crippen LogP contribution in [0.3, 0.4) is 0 Å². The van der Waals surface area contributed by atoms with Crippen LogP contribution in [-0.4, -0.2) is 17.2 Å². The van der Waals surface area contributed by atoms with Crippen LogP contribution in [0.5, 0.6) is 5.75 Å². The van der Waals surface area contributed by atoms with Gasteiger partial charge in [0, 0.05) is 10.5 Å². The van der Waals surface area contributed by atoms with E-state index in [4.69, 9.17) is 9.84 Å². The van der Waals surface area contributed by atoms with E-state index in [1.54, 1.807) is 25.1 Å². The molecule has 1 atom stereocenters. The van der Waals surface area contributed by atoms with Crippen LogP contribution in [0.15, 0.2) is 40.9 Å². The Hall–Kier alpha value is -1.13. The molecule has 0 saturated carbocycles. The van der Waals surface area contributed by atoms with Gasteiger partial charge in [0.05, 0.1) is 6.10 Å². The van der Waals surface area contributed by atoms with E-state index in [2.05, 4.69) is 15.9 Å². The lowest BCUT2D eigenvalue weighted by Crippen LogP contribution is -2.05. The zero-order valence-corrected chi connectivity index (χ0v) is 9.77. The van der Waals surface area contributed by atoms with Gasteiger partial charge in [0.2, 0.25) is 0 Å². The van der Waals surface area contributed by atoms with Crippen LogP contribution in [0, 0.1) is 0 Å². The van der Waals surface area contributed by atoms with Gasteiger partial charge < -0.3 is 9.84 Å². The standard InChI is InChI=1S/C11H11BrO3/c1-8(13)5-6-11(14)15-10-4-2-3-9(12)7-10/h2-8,13H,1H3. The third kappa shape index (κ3) is 4.76. The van der Waals surface area contributed by atoms with Crippen LogP contribution in [0.4, 0.5) is 0 Å². The van der Waals surface area contributed by atoms with E-state index in [0.29, 0.717) is 5.75 Å². The first-order valence-corrected chi connectivity index (χ1v) is 5.21. The monoisotopic (exact) mass is 270 g/mol. The van der Waals surface area contributed by atoms with Gasteiger partial charge in [0.25, 0.3) is 0 Å². The lowest BCUT2D eigenvalue weighted by molar-refractivity contribution is -0.129. The molecule has 0 aromatic heterocycles. The highest BCUT2D eigenvalue weighted by molar-refractivity contribution is 9.10. The van der Waals surface area contributed by atoms with Gasteiger partial charge in [-0.1, -0.05) is 22.0 Å². The minimum absolute atomic E-state index is 0.463. The maximum Gasteiger partial charge on any atom is 0.335 e. The number of esters is 1. The maximum atomic E-state index is 11.2. The van der Waals surface area contributed by atoms with Crippen molar-refractivity contribution in [1.29, 1.82) is 0 Å². The molecule has 1 N–H and O–H groups in total. The number of aliphatic hydroxyl groups excluding tert-OH is 1. The van der Waals surface area contributed by atoms with Gasteiger partial charge in [-0.25, -0.2) is 4.79 Å². The maximum absolute atomic E-state index is 11.2. The summed E-state index contributed by atoms with van der Waals surface area (Å²) in [4.78, 5) is 11.2. The number of carbonyl (C=O) groups excluding carboxylic acids is 1. The number of carbonyl (C=O) groups is 1. The molecule has 1 aromatic carbocycles. The lowest BCUT2D eigenvalue weighted by atomic mass is 10.3. The Kier molecular flexibility index (Phi) is 4.52. The summed E-state index contributed by atoms with van der Waals surface area (Å²) in [6.45, 7) is 1.56. The first-order chi connectivity index (χ1) is 7.08. The van der Waals surface area contributed by atoms with Crippen molar-refractivity contribution >= 4 is 21.9 Å². The van der Waals surface area contributed by atoms with Gasteiger partial charge in [0.15, 0.2) is 0 Å². The second-order valence-electron chi connectivity index (χ2n) is 2.98. The normalized spacial score (nSPS) is 12.7. The van der Waals surface area contributed by atoms with Gasteiger partial charge in [-0.15, -0.1) is 0 Å². The summed E-state index contributed by atoms with van der Waals surface area (Å²) < 4.78 is 5.82. The number of benzene rings is 1. The number of aliphatic hydroxyl groups is 1. The minimum Gasteiger partial charge on any atom is -0.423 e. The smallest absolute Gasteiger partial charge is 0.335 e. The van der Waals surface area contributed by atoms with Crippen molar-refractivity contribution in [3.05, 3.63) is 40.9 Å². The fraction of sp³-hybridized carbons (Fsp3) is 0.182. The third-order valence-corrected chi connectivity index (χ3v) is 2.02. The molecule has 0 aliphatic rings. The molecule has 0 bridgehead atoms. The highest BCUT2D eigenvalue weighted by atomic mass is 79.9. The molecule has 15 heavy (non-hydrogen) atoms. The number of rotatable bonds is 3. The molecular formula is C11H11BrO3. The van der Waals surface area contributed by atoms with E-state index in [1.807, 2.05) is 6.07 Å². The molecular weight excluding hydrogens is 260 g/mol. The van der Waals surface area contributed by atoms with E-state index in [-0.39, 0.29) is 0 Å². The molecule has 0 radical (unpaired) electrons. The Morgan fingerprint density at radius 3 is 2.93 bits per heavy atom. The number of hydrogen-bond donors (Lipinski definition) is 1. The van der Waals surface area contributed by atoms with Crippen molar-refractivity contribution in [2.45, 2.75) is 13.0 Å². The molecule has 0 fully saturated rings. The second-order valence-corrected chi connectivity index (χ2v) is 3.89. The summed E-state index contributed by atoms with van der Waals surface area (Å²) in [6, 6.07) is 6.97. The topological polar surface area (TPSA) is 46.5 Å². The Labute approximate surface area is 96.5 Å². The molecule has 1 aromatic rings. The second kappa shape index (κ2) is 5.68. The lowest BCUT2D eigenvalue weighted by Gasteiger charge is -2.01. The van der Waals surface area contributed by atoms with E-state index >= 15 is 0 Å². The zero-order chi connectivity index (χ0) is 11.3. The van der Waals surface area contributed by atoms with Crippen molar-refractivity contribution in [2.75, 3.05) is 0 Å². The van der Waals surface area contributed by atoms with Gasteiger partial charge in [-0.05, 0) is 31.2 Å². The summed E-state index contributed by atoms with van der Waals surface area (Å²) in [6.07, 6.45) is 1.91. The van der Waals surface area contributed by atoms with E-state index in [1.165, 1.54) is 12.2 Å². The number of ether oxygens (including phenoxy) is 1. The Morgan fingerprint density at radius 1 is 1.60 bits per heavy atom. The van der Waals surface area contributed by atoms with Crippen LogP contribution in [0.25, 0.3) is 0 Å². The molecule has 3 nitrogen and oxygen atoms in total. The fourth-order valence-corrected chi connectivity index (χ4v) is 1.28. The van der Waals surface area contributed by atoms with Crippen molar-refractivity contribution in [1.82, 2.24) is 0 Å². The Balaban J connectivity index is 2.59. The minimum atomic E-state index is -0.653. The molecule has 0 aliphatic heterocycles. The first kappa shape index (κ1) is 11.9. The molecule has 0 amide bonds. The molecule has 0 heterocycles. The molecule has 0 saturated heterocycles. The molecule has 1 rings (SSSR count). The number of halogens is 1. The predicted molar refractivity (Wildman–Crippen MR) is 60.6 cm³/mol. The van der Waals surface area contributed by atoms with E-state index in [0.717, 1.165) is 4.47 Å². The first-order valence-electron chi connectivity index (χ1n) is 4.41. The highest BCUT2D eigenvalue weighted by Crippen LogP contribution is 2.17. The molecule has 1 unspecified atom stereocenters. The van der Waals surface area contributed by atoms with Crippen LogP contribution in [0.2, 0.25) is 0 Å². The van der Waals surface area contributed by atoms with Crippen LogP contribution >= 0.6 is 15.9 Å². The summed E-state index contributed by atoms with van der Waals surface area (Å²) in [5.74, 6) is -0.0429. The van der Waals surface area contributed by atoms with E-state index in [9.17, 15) is 4.79 Å².